The molecule has 2 heteroatoms. The molecule has 0 aliphatic rings. The van der Waals surface area contributed by atoms with Gasteiger partial charge in [-0.1, -0.05) is 19.9 Å². The Morgan fingerprint density at radius 1 is 1.56 bits per heavy atom. The van der Waals surface area contributed by atoms with Crippen molar-refractivity contribution in [3.05, 3.63) is 24.3 Å². The molecular weight excluding hydrogens is 122 g/mol. The molecule has 0 rings (SSSR count). The van der Waals surface area contributed by atoms with Crippen LogP contribution >= 0.6 is 0 Å². The molecule has 0 aromatic heterocycles. The van der Waals surface area contributed by atoms with Crippen LogP contribution in [0.5, 0.6) is 0 Å². The minimum Gasteiger partial charge on any atom is -0.204 e. The minimum atomic E-state index is -0.983. The van der Waals surface area contributed by atoms with Crippen molar-refractivity contribution >= 4 is 0 Å². The summed E-state index contributed by atoms with van der Waals surface area (Å²) in [5.41, 5.74) is 0. The Bertz CT molecular complexity index is 125. The molecule has 0 bridgehead atoms. The maximum Gasteiger partial charge on any atom is 0.154 e. The summed E-state index contributed by atoms with van der Waals surface area (Å²) in [5.74, 6) is -1.82. The molecule has 0 radical (unpaired) electrons. The van der Waals surface area contributed by atoms with Crippen LogP contribution in [0, 0.1) is 0 Å². The second kappa shape index (κ2) is 4.24. The Labute approximate surface area is 53.9 Å². The Morgan fingerprint density at radius 2 is 2.11 bits per heavy atom. The second-order valence-corrected chi connectivity index (χ2v) is 1.75. The first kappa shape index (κ1) is 8.34. The van der Waals surface area contributed by atoms with Crippen LogP contribution in [0.2, 0.25) is 0 Å². The zero-order valence-corrected chi connectivity index (χ0v) is 5.45. The molecule has 0 amide bonds. The summed E-state index contributed by atoms with van der Waals surface area (Å²) in [4.78, 5) is 0. The number of rotatable bonds is 3. The van der Waals surface area contributed by atoms with Gasteiger partial charge in [-0.15, -0.1) is 0 Å². The molecule has 0 fully saturated rings. The molecule has 0 saturated carbocycles. The zero-order chi connectivity index (χ0) is 7.28. The highest BCUT2D eigenvalue weighted by molar-refractivity contribution is 5.14. The molecule has 9 heavy (non-hydrogen) atoms. The first-order valence-corrected chi connectivity index (χ1v) is 2.89. The van der Waals surface area contributed by atoms with E-state index >= 15 is 0 Å². The topological polar surface area (TPSA) is 0 Å². The number of unbranched alkanes of at least 4 members (excludes halogenated alkanes) is 1. The van der Waals surface area contributed by atoms with Gasteiger partial charge in [0.15, 0.2) is 11.7 Å². The van der Waals surface area contributed by atoms with Crippen molar-refractivity contribution in [1.29, 1.82) is 0 Å². The number of halogens is 2. The van der Waals surface area contributed by atoms with Crippen molar-refractivity contribution < 1.29 is 8.78 Å². The van der Waals surface area contributed by atoms with E-state index in [1.54, 1.807) is 0 Å². The Balaban J connectivity index is 3.69. The van der Waals surface area contributed by atoms with E-state index in [0.29, 0.717) is 6.42 Å². The molecular formula is C7H10F2. The van der Waals surface area contributed by atoms with Gasteiger partial charge in [0.05, 0.1) is 0 Å². The van der Waals surface area contributed by atoms with Gasteiger partial charge in [0, 0.05) is 0 Å². The van der Waals surface area contributed by atoms with Gasteiger partial charge in [0.25, 0.3) is 0 Å². The van der Waals surface area contributed by atoms with Gasteiger partial charge in [-0.2, -0.15) is 0 Å². The van der Waals surface area contributed by atoms with Crippen LogP contribution in [0.1, 0.15) is 19.8 Å². The Morgan fingerprint density at radius 3 is 2.44 bits per heavy atom. The van der Waals surface area contributed by atoms with Crippen LogP contribution in [0.4, 0.5) is 8.78 Å². The van der Waals surface area contributed by atoms with E-state index < -0.39 is 11.7 Å². The van der Waals surface area contributed by atoms with Crippen molar-refractivity contribution in [3.63, 3.8) is 0 Å². The predicted octanol–water partition coefficient (Wildman–Crippen LogP) is 3.12. The van der Waals surface area contributed by atoms with E-state index in [-0.39, 0.29) is 0 Å². The summed E-state index contributed by atoms with van der Waals surface area (Å²) in [5, 5.41) is 0. The maximum atomic E-state index is 12.1. The van der Waals surface area contributed by atoms with Crippen LogP contribution in [0.3, 0.4) is 0 Å². The van der Waals surface area contributed by atoms with Gasteiger partial charge >= 0.3 is 0 Å². The second-order valence-electron chi connectivity index (χ2n) is 1.75. The molecule has 0 heterocycles. The first-order chi connectivity index (χ1) is 4.18. The Hall–Kier alpha value is -0.660. The van der Waals surface area contributed by atoms with E-state index in [2.05, 4.69) is 6.58 Å². The molecule has 0 aliphatic heterocycles. The fraction of sp³-hybridized carbons (Fsp3) is 0.429. The predicted molar refractivity (Wildman–Crippen MR) is 34.3 cm³/mol. The molecule has 0 unspecified atom stereocenters. The van der Waals surface area contributed by atoms with Crippen LogP contribution in [0.25, 0.3) is 0 Å². The van der Waals surface area contributed by atoms with E-state index in [9.17, 15) is 8.78 Å². The molecule has 0 aliphatic carbocycles. The van der Waals surface area contributed by atoms with E-state index in [4.69, 9.17) is 0 Å². The number of hydrogen-bond acceptors (Lipinski definition) is 0. The lowest BCUT2D eigenvalue weighted by atomic mass is 10.3. The van der Waals surface area contributed by atoms with Gasteiger partial charge in [-0.3, -0.25) is 0 Å². The lowest BCUT2D eigenvalue weighted by molar-refractivity contribution is 0.543. The largest absolute Gasteiger partial charge is 0.204 e. The Kier molecular flexibility index (Phi) is 3.93. The number of hydrogen-bond donors (Lipinski definition) is 0. The highest BCUT2D eigenvalue weighted by atomic mass is 19.2. The van der Waals surface area contributed by atoms with E-state index in [1.165, 1.54) is 6.08 Å². The third kappa shape index (κ3) is 3.88. The van der Waals surface area contributed by atoms with Gasteiger partial charge in [0.1, 0.15) is 0 Å². The van der Waals surface area contributed by atoms with E-state index in [0.717, 1.165) is 6.42 Å². The third-order valence-corrected chi connectivity index (χ3v) is 0.871. The lowest BCUT2D eigenvalue weighted by Gasteiger charge is -1.88. The molecule has 52 valence electrons. The molecule has 0 N–H and O–H groups in total. The summed E-state index contributed by atoms with van der Waals surface area (Å²) < 4.78 is 23.9. The molecule has 0 spiro atoms. The fourth-order valence-corrected chi connectivity index (χ4v) is 0.382. The minimum absolute atomic E-state index is 0.564. The highest BCUT2D eigenvalue weighted by Crippen LogP contribution is 2.10. The molecule has 0 atom stereocenters. The van der Waals surface area contributed by atoms with E-state index in [1.807, 2.05) is 6.92 Å². The van der Waals surface area contributed by atoms with Gasteiger partial charge in [0.2, 0.25) is 0 Å². The summed E-state index contributed by atoms with van der Waals surface area (Å²) >= 11 is 0. The molecule has 0 saturated heterocycles. The van der Waals surface area contributed by atoms with Gasteiger partial charge in [-0.05, 0) is 12.5 Å². The van der Waals surface area contributed by atoms with Crippen molar-refractivity contribution in [1.82, 2.24) is 0 Å². The molecule has 0 aromatic rings. The SMILES string of the molecule is C=C(F)/C(F)=C/CCC. The molecule has 0 nitrogen and oxygen atoms in total. The summed E-state index contributed by atoms with van der Waals surface area (Å²) in [6, 6.07) is 0. The van der Waals surface area contributed by atoms with Crippen LogP contribution in [-0.2, 0) is 0 Å². The van der Waals surface area contributed by atoms with Crippen LogP contribution in [0.15, 0.2) is 24.3 Å². The number of allylic oxidation sites excluding steroid dienone is 3. The summed E-state index contributed by atoms with van der Waals surface area (Å²) in [7, 11) is 0. The summed E-state index contributed by atoms with van der Waals surface area (Å²) in [6.07, 6.45) is 2.58. The maximum absolute atomic E-state index is 12.1. The monoisotopic (exact) mass is 132 g/mol. The standard InChI is InChI=1S/C7H10F2/c1-3-4-5-7(9)6(2)8/h5H,2-4H2,1H3/b7-5-. The van der Waals surface area contributed by atoms with Gasteiger partial charge < -0.3 is 0 Å². The average Bonchev–Trinajstić information content (AvgIpc) is 1.82. The van der Waals surface area contributed by atoms with Crippen LogP contribution in [-0.4, -0.2) is 0 Å². The third-order valence-electron chi connectivity index (χ3n) is 0.871. The van der Waals surface area contributed by atoms with Crippen molar-refractivity contribution in [2.75, 3.05) is 0 Å². The van der Waals surface area contributed by atoms with Crippen LogP contribution < -0.4 is 0 Å². The van der Waals surface area contributed by atoms with Crippen molar-refractivity contribution in [2.45, 2.75) is 19.8 Å². The van der Waals surface area contributed by atoms with Gasteiger partial charge in [-0.25, -0.2) is 8.78 Å². The highest BCUT2D eigenvalue weighted by Gasteiger charge is 1.95. The first-order valence-electron chi connectivity index (χ1n) is 2.89. The summed E-state index contributed by atoms with van der Waals surface area (Å²) in [6.45, 7) is 4.69. The average molecular weight is 132 g/mol. The molecule has 0 aromatic carbocycles. The fourth-order valence-electron chi connectivity index (χ4n) is 0.382. The smallest absolute Gasteiger partial charge is 0.154 e. The van der Waals surface area contributed by atoms with Crippen molar-refractivity contribution in [2.24, 2.45) is 0 Å². The normalized spacial score (nSPS) is 11.7. The zero-order valence-electron chi connectivity index (χ0n) is 5.45. The van der Waals surface area contributed by atoms with Crippen molar-refractivity contribution in [3.8, 4) is 0 Å². The lowest BCUT2D eigenvalue weighted by Crippen LogP contribution is -1.71. The quantitative estimate of drug-likeness (QED) is 0.517.